The molecule has 0 N–H and O–H groups in total. The van der Waals surface area contributed by atoms with Crippen molar-refractivity contribution in [3.8, 4) is 0 Å². The van der Waals surface area contributed by atoms with Gasteiger partial charge in [-0.1, -0.05) is 30.3 Å². The Morgan fingerprint density at radius 1 is 1.06 bits per heavy atom. The third-order valence-electron chi connectivity index (χ3n) is 2.41. The minimum atomic E-state index is 0.181. The van der Waals surface area contributed by atoms with E-state index in [1.165, 1.54) is 0 Å². The molecule has 2 rings (SSSR count). The molecule has 1 aromatic heterocycles. The van der Waals surface area contributed by atoms with Gasteiger partial charge >= 0.3 is 0 Å². The minimum Gasteiger partial charge on any atom is -0.466 e. The summed E-state index contributed by atoms with van der Waals surface area (Å²) in [5, 5.41) is 0. The summed E-state index contributed by atoms with van der Waals surface area (Å²) in [6, 6.07) is 13.5. The Labute approximate surface area is 94.9 Å². The number of aryl methyl sites for hydroxylation is 1. The lowest BCUT2D eigenvalue weighted by Crippen LogP contribution is -2.05. The van der Waals surface area contributed by atoms with Crippen molar-refractivity contribution in [2.75, 3.05) is 0 Å². The first kappa shape index (κ1) is 10.7. The number of carbonyl (C=O) groups is 1. The zero-order chi connectivity index (χ0) is 11.4. The highest BCUT2D eigenvalue weighted by molar-refractivity contribution is 5.82. The SMILES string of the molecule is Cc1ccc(CC(=O)Cc2ccccc2)o1. The lowest BCUT2D eigenvalue weighted by Gasteiger charge is -1.99. The number of hydrogen-bond donors (Lipinski definition) is 0. The Morgan fingerprint density at radius 2 is 1.81 bits per heavy atom. The molecule has 1 heterocycles. The van der Waals surface area contributed by atoms with Gasteiger partial charge in [-0.2, -0.15) is 0 Å². The van der Waals surface area contributed by atoms with Crippen LogP contribution in [0.3, 0.4) is 0 Å². The Morgan fingerprint density at radius 3 is 2.44 bits per heavy atom. The topological polar surface area (TPSA) is 30.2 Å². The molecule has 0 unspecified atom stereocenters. The monoisotopic (exact) mass is 214 g/mol. The maximum atomic E-state index is 11.7. The summed E-state index contributed by atoms with van der Waals surface area (Å²) in [5.74, 6) is 1.78. The zero-order valence-corrected chi connectivity index (χ0v) is 9.27. The quantitative estimate of drug-likeness (QED) is 0.783. The summed E-state index contributed by atoms with van der Waals surface area (Å²) < 4.78 is 5.37. The van der Waals surface area contributed by atoms with E-state index in [1.807, 2.05) is 49.4 Å². The van der Waals surface area contributed by atoms with E-state index in [0.29, 0.717) is 12.8 Å². The van der Waals surface area contributed by atoms with Gasteiger partial charge in [0.25, 0.3) is 0 Å². The van der Waals surface area contributed by atoms with E-state index in [4.69, 9.17) is 4.42 Å². The summed E-state index contributed by atoms with van der Waals surface area (Å²) >= 11 is 0. The molecular formula is C14H14O2. The van der Waals surface area contributed by atoms with Crippen LogP contribution in [0, 0.1) is 6.92 Å². The number of carbonyl (C=O) groups excluding carboxylic acids is 1. The number of ketones is 1. The van der Waals surface area contributed by atoms with E-state index in [2.05, 4.69) is 0 Å². The van der Waals surface area contributed by atoms with Crippen molar-refractivity contribution in [2.45, 2.75) is 19.8 Å². The van der Waals surface area contributed by atoms with Crippen LogP contribution in [-0.2, 0) is 17.6 Å². The molecule has 0 spiro atoms. The van der Waals surface area contributed by atoms with E-state index < -0.39 is 0 Å². The van der Waals surface area contributed by atoms with Crippen molar-refractivity contribution in [1.29, 1.82) is 0 Å². The summed E-state index contributed by atoms with van der Waals surface area (Å²) in [4.78, 5) is 11.7. The molecule has 0 aliphatic rings. The summed E-state index contributed by atoms with van der Waals surface area (Å²) in [7, 11) is 0. The van der Waals surface area contributed by atoms with Crippen molar-refractivity contribution < 1.29 is 9.21 Å². The average molecular weight is 214 g/mol. The summed E-state index contributed by atoms with van der Waals surface area (Å²) in [6.07, 6.45) is 0.851. The molecule has 0 aliphatic heterocycles. The largest absolute Gasteiger partial charge is 0.466 e. The normalized spacial score (nSPS) is 10.3. The molecule has 0 saturated heterocycles. The maximum Gasteiger partial charge on any atom is 0.144 e. The first-order chi connectivity index (χ1) is 7.74. The molecule has 0 saturated carbocycles. The lowest BCUT2D eigenvalue weighted by molar-refractivity contribution is -0.118. The highest BCUT2D eigenvalue weighted by atomic mass is 16.3. The molecule has 0 amide bonds. The Kier molecular flexibility index (Phi) is 3.20. The van der Waals surface area contributed by atoms with Gasteiger partial charge in [0.2, 0.25) is 0 Å². The Bertz CT molecular complexity index is 468. The predicted octanol–water partition coefficient (Wildman–Crippen LogP) is 2.94. The Hall–Kier alpha value is -1.83. The van der Waals surface area contributed by atoms with Gasteiger partial charge in [0, 0.05) is 6.42 Å². The van der Waals surface area contributed by atoms with E-state index in [1.54, 1.807) is 0 Å². The lowest BCUT2D eigenvalue weighted by atomic mass is 10.1. The fraction of sp³-hybridized carbons (Fsp3) is 0.214. The van der Waals surface area contributed by atoms with E-state index >= 15 is 0 Å². The van der Waals surface area contributed by atoms with Crippen molar-refractivity contribution in [2.24, 2.45) is 0 Å². The van der Waals surface area contributed by atoms with Gasteiger partial charge in [0.1, 0.15) is 17.3 Å². The number of benzene rings is 1. The van der Waals surface area contributed by atoms with Crippen molar-refractivity contribution in [3.05, 3.63) is 59.5 Å². The molecule has 0 atom stereocenters. The second-order valence-electron chi connectivity index (χ2n) is 3.89. The van der Waals surface area contributed by atoms with Crippen molar-refractivity contribution in [3.63, 3.8) is 0 Å². The number of furan rings is 1. The van der Waals surface area contributed by atoms with Crippen LogP contribution in [0.5, 0.6) is 0 Å². The summed E-state index contributed by atoms with van der Waals surface area (Å²) in [6.45, 7) is 1.88. The third kappa shape index (κ3) is 2.83. The number of Topliss-reactive ketones (excluding diaryl/α,β-unsaturated/α-hetero) is 1. The molecule has 0 aliphatic carbocycles. The molecule has 82 valence electrons. The minimum absolute atomic E-state index is 0.181. The Balaban J connectivity index is 1.95. The van der Waals surface area contributed by atoms with Gasteiger partial charge in [0.05, 0.1) is 6.42 Å². The molecule has 1 aromatic carbocycles. The van der Waals surface area contributed by atoms with Gasteiger partial charge in [-0.05, 0) is 24.6 Å². The van der Waals surface area contributed by atoms with Crippen LogP contribution in [0.4, 0.5) is 0 Å². The average Bonchev–Trinajstić information content (AvgIpc) is 2.65. The molecule has 0 radical (unpaired) electrons. The fourth-order valence-electron chi connectivity index (χ4n) is 1.66. The molecule has 2 aromatic rings. The van der Waals surface area contributed by atoms with Crippen LogP contribution in [0.1, 0.15) is 17.1 Å². The van der Waals surface area contributed by atoms with Gasteiger partial charge < -0.3 is 4.42 Å². The zero-order valence-electron chi connectivity index (χ0n) is 9.27. The molecule has 2 heteroatoms. The van der Waals surface area contributed by atoms with Gasteiger partial charge in [-0.15, -0.1) is 0 Å². The van der Waals surface area contributed by atoms with Crippen LogP contribution in [0.2, 0.25) is 0 Å². The van der Waals surface area contributed by atoms with Gasteiger partial charge in [-0.25, -0.2) is 0 Å². The molecule has 0 fully saturated rings. The third-order valence-corrected chi connectivity index (χ3v) is 2.41. The van der Waals surface area contributed by atoms with E-state index in [0.717, 1.165) is 17.1 Å². The molecular weight excluding hydrogens is 200 g/mol. The van der Waals surface area contributed by atoms with Crippen LogP contribution in [0.15, 0.2) is 46.9 Å². The fourth-order valence-corrected chi connectivity index (χ4v) is 1.66. The van der Waals surface area contributed by atoms with Crippen LogP contribution < -0.4 is 0 Å². The van der Waals surface area contributed by atoms with E-state index in [-0.39, 0.29) is 5.78 Å². The predicted molar refractivity (Wildman–Crippen MR) is 62.3 cm³/mol. The number of hydrogen-bond acceptors (Lipinski definition) is 2. The second-order valence-corrected chi connectivity index (χ2v) is 3.89. The molecule has 16 heavy (non-hydrogen) atoms. The van der Waals surface area contributed by atoms with E-state index in [9.17, 15) is 4.79 Å². The first-order valence-electron chi connectivity index (χ1n) is 5.35. The van der Waals surface area contributed by atoms with Gasteiger partial charge in [0.15, 0.2) is 0 Å². The smallest absolute Gasteiger partial charge is 0.144 e. The highest BCUT2D eigenvalue weighted by Crippen LogP contribution is 2.09. The first-order valence-corrected chi connectivity index (χ1v) is 5.35. The van der Waals surface area contributed by atoms with Crippen LogP contribution in [-0.4, -0.2) is 5.78 Å². The van der Waals surface area contributed by atoms with Crippen molar-refractivity contribution >= 4 is 5.78 Å². The van der Waals surface area contributed by atoms with Crippen molar-refractivity contribution in [1.82, 2.24) is 0 Å². The van der Waals surface area contributed by atoms with Crippen LogP contribution in [0.25, 0.3) is 0 Å². The second kappa shape index (κ2) is 4.79. The molecule has 0 bridgehead atoms. The maximum absolute atomic E-state index is 11.7. The highest BCUT2D eigenvalue weighted by Gasteiger charge is 2.07. The van der Waals surface area contributed by atoms with Crippen LogP contribution >= 0.6 is 0 Å². The number of rotatable bonds is 4. The van der Waals surface area contributed by atoms with Gasteiger partial charge in [-0.3, -0.25) is 4.79 Å². The molecule has 2 nitrogen and oxygen atoms in total. The standard InChI is InChI=1S/C14H14O2/c1-11-7-8-14(16-11)10-13(15)9-12-5-3-2-4-6-12/h2-8H,9-10H2,1H3. The summed E-state index contributed by atoms with van der Waals surface area (Å²) in [5.41, 5.74) is 1.05.